The third-order valence-corrected chi connectivity index (χ3v) is 6.64. The minimum absolute atomic E-state index is 0.0476. The van der Waals surface area contributed by atoms with E-state index in [0.717, 1.165) is 12.1 Å². The number of rotatable bonds is 8. The predicted octanol–water partition coefficient (Wildman–Crippen LogP) is 1.29. The first kappa shape index (κ1) is 28.6. The molecule has 5 atom stereocenters. The molecule has 0 unspecified atom stereocenters. The molecule has 0 aliphatic carbocycles. The second kappa shape index (κ2) is 11.2. The topological polar surface area (TPSA) is 167 Å². The molecule has 0 radical (unpaired) electrons. The summed E-state index contributed by atoms with van der Waals surface area (Å²) in [6.45, 7) is 1.21. The highest BCUT2D eigenvalue weighted by atomic mass is 32.2. The first-order chi connectivity index (χ1) is 17.3. The summed E-state index contributed by atoms with van der Waals surface area (Å²) in [5.41, 5.74) is -4.34. The SMILES string of the molecule is CCOc1cc(C#N)c(Cc2ccc(OS(=O)(=O)C(F)(F)F)cc2)cc1[C@@H]1O[C@H](CO)[C@@H](O)[C@H](O)[C@H]1O. The molecule has 10 nitrogen and oxygen atoms in total. The van der Waals surface area contributed by atoms with Gasteiger partial charge < -0.3 is 34.1 Å². The molecule has 0 amide bonds. The Bertz CT molecular complexity index is 1240. The Hall–Kier alpha value is -2.93. The maximum atomic E-state index is 12.5. The summed E-state index contributed by atoms with van der Waals surface area (Å²) in [5.74, 6) is -0.400. The first-order valence-corrected chi connectivity index (χ1v) is 12.3. The number of hydrogen-bond donors (Lipinski definition) is 4. The van der Waals surface area contributed by atoms with Crippen molar-refractivity contribution < 1.29 is 55.7 Å². The second-order valence-corrected chi connectivity index (χ2v) is 9.68. The Morgan fingerprint density at radius 2 is 1.73 bits per heavy atom. The van der Waals surface area contributed by atoms with Crippen molar-refractivity contribution in [2.75, 3.05) is 13.2 Å². The molecule has 202 valence electrons. The number of nitrogens with zero attached hydrogens (tertiary/aromatic N) is 1. The molecule has 0 saturated carbocycles. The molecule has 0 aromatic heterocycles. The minimum atomic E-state index is -5.83. The summed E-state index contributed by atoms with van der Waals surface area (Å²) in [6, 6.07) is 9.56. The predicted molar refractivity (Wildman–Crippen MR) is 120 cm³/mol. The van der Waals surface area contributed by atoms with Crippen LogP contribution in [0.3, 0.4) is 0 Å². The van der Waals surface area contributed by atoms with Crippen LogP contribution in [0.25, 0.3) is 0 Å². The highest BCUT2D eigenvalue weighted by molar-refractivity contribution is 7.88. The molecular weight excluding hydrogens is 523 g/mol. The van der Waals surface area contributed by atoms with Crippen LogP contribution in [-0.4, -0.2) is 72.0 Å². The Labute approximate surface area is 210 Å². The fourth-order valence-electron chi connectivity index (χ4n) is 3.81. The van der Waals surface area contributed by atoms with Crippen molar-refractivity contribution in [1.29, 1.82) is 5.26 Å². The first-order valence-electron chi connectivity index (χ1n) is 10.9. The third kappa shape index (κ3) is 6.15. The zero-order valence-corrected chi connectivity index (χ0v) is 20.1. The van der Waals surface area contributed by atoms with Crippen LogP contribution in [0.1, 0.15) is 35.3 Å². The van der Waals surface area contributed by atoms with Crippen molar-refractivity contribution in [2.24, 2.45) is 0 Å². The largest absolute Gasteiger partial charge is 0.534 e. The standard InChI is InChI=1S/C23H24F3NO9S/c1-2-34-17-9-14(10-27)13(8-16(17)22-21(31)20(30)19(29)18(11-28)35-22)7-12-3-5-15(6-4-12)36-37(32,33)23(24,25)26/h3-6,8-9,18-22,28-31H,2,7,11H2,1H3/t18-,19-,20+,21-,22+/m1/s1. The van der Waals surface area contributed by atoms with Gasteiger partial charge in [0.05, 0.1) is 24.8 Å². The zero-order chi connectivity index (χ0) is 27.5. The summed E-state index contributed by atoms with van der Waals surface area (Å²) in [5, 5.41) is 50.0. The van der Waals surface area contributed by atoms with Crippen LogP contribution >= 0.6 is 0 Å². The van der Waals surface area contributed by atoms with Gasteiger partial charge >= 0.3 is 15.6 Å². The molecule has 3 rings (SSSR count). The molecule has 1 aliphatic heterocycles. The van der Waals surface area contributed by atoms with E-state index in [1.807, 2.05) is 6.07 Å². The van der Waals surface area contributed by atoms with Gasteiger partial charge in [0.2, 0.25) is 0 Å². The van der Waals surface area contributed by atoms with Crippen LogP contribution in [0, 0.1) is 11.3 Å². The molecular formula is C23H24F3NO9S. The molecule has 1 heterocycles. The number of aliphatic hydroxyl groups is 4. The highest BCUT2D eigenvalue weighted by Gasteiger charge is 2.48. The second-order valence-electron chi connectivity index (χ2n) is 8.15. The normalized spacial score (nSPS) is 24.4. The number of aliphatic hydroxyl groups excluding tert-OH is 4. The smallest absolute Gasteiger partial charge is 0.493 e. The molecule has 14 heteroatoms. The van der Waals surface area contributed by atoms with Gasteiger partial charge in [-0.1, -0.05) is 12.1 Å². The van der Waals surface area contributed by atoms with E-state index in [1.165, 1.54) is 24.3 Å². The summed E-state index contributed by atoms with van der Waals surface area (Å²) < 4.78 is 75.3. The van der Waals surface area contributed by atoms with E-state index in [-0.39, 0.29) is 29.9 Å². The average molecular weight is 548 g/mol. The molecule has 4 N–H and O–H groups in total. The molecule has 0 spiro atoms. The van der Waals surface area contributed by atoms with Gasteiger partial charge in [-0.25, -0.2) is 0 Å². The molecule has 0 bridgehead atoms. The summed E-state index contributed by atoms with van der Waals surface area (Å²) in [7, 11) is -5.83. The average Bonchev–Trinajstić information content (AvgIpc) is 2.84. The third-order valence-electron chi connectivity index (χ3n) is 5.66. The Balaban J connectivity index is 1.96. The van der Waals surface area contributed by atoms with Crippen molar-refractivity contribution in [3.63, 3.8) is 0 Å². The summed E-state index contributed by atoms with van der Waals surface area (Å²) >= 11 is 0. The lowest BCUT2D eigenvalue weighted by atomic mass is 9.88. The Morgan fingerprint density at radius 1 is 1.08 bits per heavy atom. The van der Waals surface area contributed by atoms with Crippen molar-refractivity contribution in [1.82, 2.24) is 0 Å². The van der Waals surface area contributed by atoms with Crippen molar-refractivity contribution >= 4 is 10.1 Å². The van der Waals surface area contributed by atoms with Crippen LogP contribution in [0.5, 0.6) is 11.5 Å². The van der Waals surface area contributed by atoms with Crippen molar-refractivity contribution in [3.8, 4) is 17.6 Å². The Morgan fingerprint density at radius 3 is 2.27 bits per heavy atom. The highest BCUT2D eigenvalue weighted by Crippen LogP contribution is 2.39. The van der Waals surface area contributed by atoms with E-state index in [2.05, 4.69) is 4.18 Å². The lowest BCUT2D eigenvalue weighted by Crippen LogP contribution is -2.55. The van der Waals surface area contributed by atoms with Gasteiger partial charge in [-0.15, -0.1) is 0 Å². The molecule has 2 aromatic carbocycles. The fraction of sp³-hybridized carbons (Fsp3) is 0.435. The van der Waals surface area contributed by atoms with E-state index in [0.29, 0.717) is 11.1 Å². The molecule has 1 fully saturated rings. The minimum Gasteiger partial charge on any atom is -0.493 e. The van der Waals surface area contributed by atoms with Crippen molar-refractivity contribution in [3.05, 3.63) is 58.7 Å². The van der Waals surface area contributed by atoms with Crippen LogP contribution in [0.15, 0.2) is 36.4 Å². The van der Waals surface area contributed by atoms with Crippen LogP contribution in [0.4, 0.5) is 13.2 Å². The number of halogens is 3. The Kier molecular flexibility index (Phi) is 8.68. The summed E-state index contributed by atoms with van der Waals surface area (Å²) in [6.07, 6.45) is -7.21. The lowest BCUT2D eigenvalue weighted by Gasteiger charge is -2.40. The van der Waals surface area contributed by atoms with Gasteiger partial charge in [0, 0.05) is 5.56 Å². The van der Waals surface area contributed by atoms with Crippen molar-refractivity contribution in [2.45, 2.75) is 49.4 Å². The monoisotopic (exact) mass is 547 g/mol. The van der Waals surface area contributed by atoms with E-state index in [1.54, 1.807) is 6.92 Å². The van der Waals surface area contributed by atoms with Gasteiger partial charge in [-0.05, 0) is 48.7 Å². The fourth-order valence-corrected chi connectivity index (χ4v) is 4.27. The van der Waals surface area contributed by atoms with Gasteiger partial charge in [-0.2, -0.15) is 26.9 Å². The van der Waals surface area contributed by atoms with Gasteiger partial charge in [0.25, 0.3) is 0 Å². The van der Waals surface area contributed by atoms with E-state index >= 15 is 0 Å². The van der Waals surface area contributed by atoms with Crippen LogP contribution in [0.2, 0.25) is 0 Å². The maximum absolute atomic E-state index is 12.5. The van der Waals surface area contributed by atoms with Gasteiger partial charge in [0.15, 0.2) is 0 Å². The van der Waals surface area contributed by atoms with Gasteiger partial charge in [0.1, 0.15) is 42.0 Å². The molecule has 1 saturated heterocycles. The number of nitriles is 1. The summed E-state index contributed by atoms with van der Waals surface area (Å²) in [4.78, 5) is 0. The maximum Gasteiger partial charge on any atom is 0.534 e. The molecule has 1 aliphatic rings. The number of hydrogen-bond acceptors (Lipinski definition) is 10. The zero-order valence-electron chi connectivity index (χ0n) is 19.3. The van der Waals surface area contributed by atoms with E-state index in [4.69, 9.17) is 9.47 Å². The molecule has 2 aromatic rings. The van der Waals surface area contributed by atoms with Crippen LogP contribution in [-0.2, 0) is 21.3 Å². The quantitative estimate of drug-likeness (QED) is 0.279. The number of benzene rings is 2. The van der Waals surface area contributed by atoms with Crippen LogP contribution < -0.4 is 8.92 Å². The molecule has 37 heavy (non-hydrogen) atoms. The lowest BCUT2D eigenvalue weighted by molar-refractivity contribution is -0.232. The number of ether oxygens (including phenoxy) is 2. The van der Waals surface area contributed by atoms with E-state index < -0.39 is 58.5 Å². The van der Waals surface area contributed by atoms with Gasteiger partial charge in [-0.3, -0.25) is 0 Å². The number of alkyl halides is 3. The van der Waals surface area contributed by atoms with E-state index in [9.17, 15) is 47.3 Å².